The van der Waals surface area contributed by atoms with Gasteiger partial charge >= 0.3 is 0 Å². The predicted octanol–water partition coefficient (Wildman–Crippen LogP) is 6.21. The molecule has 4 rings (SSSR count). The minimum Gasteiger partial charge on any atom is -0.493 e. The third-order valence-electron chi connectivity index (χ3n) is 5.02. The molecule has 0 aromatic heterocycles. The van der Waals surface area contributed by atoms with E-state index in [1.165, 1.54) is 21.3 Å². The van der Waals surface area contributed by atoms with Crippen LogP contribution in [0.25, 0.3) is 6.08 Å². The van der Waals surface area contributed by atoms with Crippen LogP contribution >= 0.6 is 23.2 Å². The fourth-order valence-corrected chi connectivity index (χ4v) is 3.71. The first-order valence-electron chi connectivity index (χ1n) is 9.88. The second kappa shape index (κ2) is 9.65. The number of rotatable bonds is 7. The van der Waals surface area contributed by atoms with Gasteiger partial charge in [0.1, 0.15) is 18.1 Å². The van der Waals surface area contributed by atoms with Crippen molar-refractivity contribution in [2.24, 2.45) is 0 Å². The van der Waals surface area contributed by atoms with Gasteiger partial charge in [-0.1, -0.05) is 29.3 Å². The highest BCUT2D eigenvalue weighted by Crippen LogP contribution is 2.40. The SMILES string of the molecule is COc1cc(C=C2Oc3cc(OCc4ccc(Cl)c(Cl)c4)ccc3C2=O)cc(OC)c1OC. The van der Waals surface area contributed by atoms with Gasteiger partial charge in [0.2, 0.25) is 11.5 Å². The Labute approximate surface area is 201 Å². The molecule has 1 aliphatic heterocycles. The van der Waals surface area contributed by atoms with Crippen LogP contribution in [0.2, 0.25) is 10.0 Å². The van der Waals surface area contributed by atoms with Crippen molar-refractivity contribution in [2.75, 3.05) is 21.3 Å². The minimum absolute atomic E-state index is 0.181. The summed E-state index contributed by atoms with van der Waals surface area (Å²) in [7, 11) is 4.58. The van der Waals surface area contributed by atoms with Gasteiger partial charge in [-0.15, -0.1) is 0 Å². The molecule has 6 nitrogen and oxygen atoms in total. The van der Waals surface area contributed by atoms with E-state index in [0.29, 0.717) is 49.9 Å². The summed E-state index contributed by atoms with van der Waals surface area (Å²) in [4.78, 5) is 12.8. The lowest BCUT2D eigenvalue weighted by molar-refractivity contribution is 0.101. The van der Waals surface area contributed by atoms with Gasteiger partial charge in [0, 0.05) is 6.07 Å². The van der Waals surface area contributed by atoms with E-state index >= 15 is 0 Å². The maximum atomic E-state index is 12.8. The van der Waals surface area contributed by atoms with E-state index < -0.39 is 0 Å². The maximum absolute atomic E-state index is 12.8. The first-order valence-corrected chi connectivity index (χ1v) is 10.6. The van der Waals surface area contributed by atoms with E-state index in [-0.39, 0.29) is 18.1 Å². The van der Waals surface area contributed by atoms with E-state index in [4.69, 9.17) is 46.9 Å². The molecule has 3 aromatic carbocycles. The van der Waals surface area contributed by atoms with Gasteiger partial charge in [-0.05, 0) is 53.6 Å². The van der Waals surface area contributed by atoms with Gasteiger partial charge in [0.25, 0.3) is 0 Å². The first kappa shape index (κ1) is 22.8. The number of carbonyl (C=O) groups excluding carboxylic acids is 1. The summed E-state index contributed by atoms with van der Waals surface area (Å²) in [5.74, 6) is 2.35. The molecule has 0 N–H and O–H groups in total. The largest absolute Gasteiger partial charge is 0.493 e. The van der Waals surface area contributed by atoms with Crippen LogP contribution in [0.15, 0.2) is 54.3 Å². The van der Waals surface area contributed by atoms with Crippen molar-refractivity contribution >= 4 is 35.1 Å². The van der Waals surface area contributed by atoms with Crippen molar-refractivity contribution in [1.29, 1.82) is 0 Å². The van der Waals surface area contributed by atoms with Crippen LogP contribution in [-0.4, -0.2) is 27.1 Å². The monoisotopic (exact) mass is 486 g/mol. The Morgan fingerprint density at radius 1 is 0.879 bits per heavy atom. The van der Waals surface area contributed by atoms with E-state index in [1.807, 2.05) is 6.07 Å². The Morgan fingerprint density at radius 2 is 1.61 bits per heavy atom. The molecule has 0 radical (unpaired) electrons. The smallest absolute Gasteiger partial charge is 0.231 e. The number of ether oxygens (including phenoxy) is 5. The molecule has 0 atom stereocenters. The van der Waals surface area contributed by atoms with Gasteiger partial charge in [-0.3, -0.25) is 4.79 Å². The van der Waals surface area contributed by atoms with Crippen molar-refractivity contribution in [3.8, 4) is 28.7 Å². The highest BCUT2D eigenvalue weighted by Gasteiger charge is 2.28. The molecule has 1 heterocycles. The number of ketones is 1. The van der Waals surface area contributed by atoms with Gasteiger partial charge in [-0.25, -0.2) is 0 Å². The number of fused-ring (bicyclic) bond motifs is 1. The summed E-state index contributed by atoms with van der Waals surface area (Å²) in [5, 5.41) is 0.943. The van der Waals surface area contributed by atoms with E-state index in [2.05, 4.69) is 0 Å². The first-order chi connectivity index (χ1) is 15.9. The Morgan fingerprint density at radius 3 is 2.24 bits per heavy atom. The Bertz CT molecular complexity index is 1230. The molecule has 0 spiro atoms. The summed E-state index contributed by atoms with van der Waals surface area (Å²) in [5.41, 5.74) is 1.98. The van der Waals surface area contributed by atoms with Crippen molar-refractivity contribution < 1.29 is 28.5 Å². The minimum atomic E-state index is -0.227. The highest BCUT2D eigenvalue weighted by atomic mass is 35.5. The molecule has 170 valence electrons. The molecule has 3 aromatic rings. The lowest BCUT2D eigenvalue weighted by Gasteiger charge is -2.13. The fourth-order valence-electron chi connectivity index (χ4n) is 3.39. The topological polar surface area (TPSA) is 63.2 Å². The number of carbonyl (C=O) groups is 1. The molecule has 0 amide bonds. The second-order valence-electron chi connectivity index (χ2n) is 7.09. The van der Waals surface area contributed by atoms with Crippen LogP contribution in [0.5, 0.6) is 28.7 Å². The quantitative estimate of drug-likeness (QED) is 0.369. The van der Waals surface area contributed by atoms with Crippen molar-refractivity contribution in [1.82, 2.24) is 0 Å². The zero-order valence-corrected chi connectivity index (χ0v) is 19.6. The molecule has 1 aliphatic rings. The fraction of sp³-hybridized carbons (Fsp3) is 0.160. The Kier molecular flexibility index (Phi) is 6.67. The molecule has 0 saturated heterocycles. The van der Waals surface area contributed by atoms with Gasteiger partial charge < -0.3 is 23.7 Å². The van der Waals surface area contributed by atoms with Gasteiger partial charge in [0.05, 0.1) is 36.9 Å². The van der Waals surface area contributed by atoms with E-state index in [1.54, 1.807) is 48.5 Å². The molecule has 0 aliphatic carbocycles. The van der Waals surface area contributed by atoms with Crippen LogP contribution in [0.3, 0.4) is 0 Å². The maximum Gasteiger partial charge on any atom is 0.231 e. The number of benzene rings is 3. The van der Waals surface area contributed by atoms with Gasteiger partial charge in [-0.2, -0.15) is 0 Å². The number of allylic oxidation sites excluding steroid dienone is 1. The lowest BCUT2D eigenvalue weighted by atomic mass is 10.1. The van der Waals surface area contributed by atoms with Crippen LogP contribution in [0, 0.1) is 0 Å². The zero-order valence-electron chi connectivity index (χ0n) is 18.1. The summed E-state index contributed by atoms with van der Waals surface area (Å²) < 4.78 is 27.7. The molecule has 8 heteroatoms. The third-order valence-corrected chi connectivity index (χ3v) is 5.75. The molecule has 0 fully saturated rings. The number of hydrogen-bond acceptors (Lipinski definition) is 6. The Balaban J connectivity index is 1.55. The number of halogens is 2. The zero-order chi connectivity index (χ0) is 23.5. The summed E-state index contributed by atoms with van der Waals surface area (Å²) in [6.07, 6.45) is 1.63. The number of methoxy groups -OCH3 is 3. The van der Waals surface area contributed by atoms with Crippen LogP contribution < -0.4 is 23.7 Å². The number of Topliss-reactive ketones (excluding diaryl/α,β-unsaturated/α-hetero) is 1. The van der Waals surface area contributed by atoms with Crippen molar-refractivity contribution in [3.05, 3.63) is 81.0 Å². The van der Waals surface area contributed by atoms with E-state index in [0.717, 1.165) is 5.56 Å². The highest BCUT2D eigenvalue weighted by molar-refractivity contribution is 6.42. The summed E-state index contributed by atoms with van der Waals surface area (Å²) in [6.45, 7) is 0.289. The second-order valence-corrected chi connectivity index (χ2v) is 7.91. The molecule has 0 saturated carbocycles. The molecular formula is C25H20Cl2O6. The summed E-state index contributed by atoms with van der Waals surface area (Å²) >= 11 is 12.0. The van der Waals surface area contributed by atoms with E-state index in [9.17, 15) is 4.79 Å². The summed E-state index contributed by atoms with van der Waals surface area (Å²) in [6, 6.07) is 13.8. The van der Waals surface area contributed by atoms with Crippen LogP contribution in [0.4, 0.5) is 0 Å². The molecular weight excluding hydrogens is 467 g/mol. The van der Waals surface area contributed by atoms with Crippen molar-refractivity contribution in [2.45, 2.75) is 6.61 Å². The normalized spacial score (nSPS) is 13.5. The Hall–Kier alpha value is -3.35. The third kappa shape index (κ3) is 4.72. The average Bonchev–Trinajstić information content (AvgIpc) is 3.13. The standard InChI is InChI=1S/C25H20Cl2O6/c1-29-22-10-15(11-23(30-2)25(22)31-3)9-21-24(28)17-6-5-16(12-20(17)33-21)32-13-14-4-7-18(26)19(27)8-14/h4-12H,13H2,1-3H3. The predicted molar refractivity (Wildman–Crippen MR) is 126 cm³/mol. The average molecular weight is 487 g/mol. The molecule has 0 unspecified atom stereocenters. The van der Waals surface area contributed by atoms with Crippen LogP contribution in [0.1, 0.15) is 21.5 Å². The van der Waals surface area contributed by atoms with Crippen LogP contribution in [-0.2, 0) is 6.61 Å². The molecule has 0 bridgehead atoms. The van der Waals surface area contributed by atoms with Gasteiger partial charge in [0.15, 0.2) is 17.3 Å². The molecule has 33 heavy (non-hydrogen) atoms. The van der Waals surface area contributed by atoms with Crippen molar-refractivity contribution in [3.63, 3.8) is 0 Å². The lowest BCUT2D eigenvalue weighted by Crippen LogP contribution is -1.99. The number of hydrogen-bond donors (Lipinski definition) is 0.